The molecule has 0 saturated heterocycles. The van der Waals surface area contributed by atoms with Crippen LogP contribution < -0.4 is 0 Å². The van der Waals surface area contributed by atoms with E-state index in [1.165, 1.54) is 16.4 Å². The van der Waals surface area contributed by atoms with Crippen molar-refractivity contribution in [3.05, 3.63) is 38.8 Å². The summed E-state index contributed by atoms with van der Waals surface area (Å²) in [5.74, 6) is 0.0621. The van der Waals surface area contributed by atoms with Gasteiger partial charge >= 0.3 is 5.97 Å². The Labute approximate surface area is 138 Å². The van der Waals surface area contributed by atoms with Gasteiger partial charge in [-0.05, 0) is 35.8 Å². The smallest absolute Gasteiger partial charge is 0.343 e. The van der Waals surface area contributed by atoms with Gasteiger partial charge in [-0.2, -0.15) is 5.10 Å². The van der Waals surface area contributed by atoms with Crippen molar-refractivity contribution < 1.29 is 9.53 Å². The molecule has 0 N–H and O–H groups in total. The fourth-order valence-corrected chi connectivity index (χ4v) is 5.55. The third-order valence-corrected chi connectivity index (χ3v) is 7.01. The normalized spacial score (nSPS) is 27.9. The number of halogens is 1. The third kappa shape index (κ3) is 1.58. The lowest BCUT2D eigenvalue weighted by atomic mass is 9.67. The second-order valence-corrected chi connectivity index (χ2v) is 8.02. The van der Waals surface area contributed by atoms with Gasteiger partial charge in [0.15, 0.2) is 5.60 Å². The molecule has 0 aromatic carbocycles. The summed E-state index contributed by atoms with van der Waals surface area (Å²) < 4.78 is 7.57. The highest BCUT2D eigenvalue weighted by atomic mass is 35.5. The van der Waals surface area contributed by atoms with Crippen molar-refractivity contribution >= 4 is 28.9 Å². The van der Waals surface area contributed by atoms with Gasteiger partial charge < -0.3 is 4.74 Å². The highest BCUT2D eigenvalue weighted by Crippen LogP contribution is 2.66. The van der Waals surface area contributed by atoms with Crippen LogP contribution in [0.2, 0.25) is 5.15 Å². The predicted molar refractivity (Wildman–Crippen MR) is 85.4 cm³/mol. The average Bonchev–Trinajstić information content (AvgIpc) is 3.05. The molecular weight excluding hydrogens is 320 g/mol. The summed E-state index contributed by atoms with van der Waals surface area (Å²) in [5, 5.41) is 6.54. The Bertz CT molecular complexity index is 779. The minimum atomic E-state index is -0.547. The zero-order chi connectivity index (χ0) is 15.7. The Morgan fingerprint density at radius 1 is 1.55 bits per heavy atom. The lowest BCUT2D eigenvalue weighted by Crippen LogP contribution is -2.44. The van der Waals surface area contributed by atoms with Crippen LogP contribution in [-0.2, 0) is 17.4 Å². The van der Waals surface area contributed by atoms with Crippen LogP contribution in [0.4, 0.5) is 0 Å². The molecule has 2 atom stereocenters. The molecule has 2 aromatic rings. The van der Waals surface area contributed by atoms with Crippen molar-refractivity contribution in [1.29, 1.82) is 0 Å². The Kier molecular flexibility index (Phi) is 2.83. The molecule has 4 nitrogen and oxygen atoms in total. The first-order valence-corrected chi connectivity index (χ1v) is 8.62. The lowest BCUT2D eigenvalue weighted by molar-refractivity contribution is -0.0776. The Hall–Kier alpha value is -1.33. The number of hydrogen-bond donors (Lipinski definition) is 0. The molecule has 2 aliphatic carbocycles. The van der Waals surface area contributed by atoms with E-state index in [4.69, 9.17) is 16.3 Å². The van der Waals surface area contributed by atoms with Crippen molar-refractivity contribution in [2.45, 2.75) is 38.2 Å². The molecule has 0 aliphatic heterocycles. The second-order valence-electron chi connectivity index (χ2n) is 6.75. The van der Waals surface area contributed by atoms with Crippen LogP contribution in [0.15, 0.2) is 17.6 Å². The molecular formula is C16H17ClN2O2S. The average molecular weight is 337 g/mol. The van der Waals surface area contributed by atoms with Crippen LogP contribution in [0.25, 0.3) is 0 Å². The van der Waals surface area contributed by atoms with Gasteiger partial charge in [-0.15, -0.1) is 11.3 Å². The van der Waals surface area contributed by atoms with Crippen molar-refractivity contribution in [1.82, 2.24) is 9.78 Å². The fourth-order valence-electron chi connectivity index (χ4n) is 4.09. The number of carbonyl (C=O) groups excluding carboxylic acids is 1. The van der Waals surface area contributed by atoms with E-state index in [2.05, 4.69) is 30.4 Å². The van der Waals surface area contributed by atoms with Gasteiger partial charge in [0.05, 0.1) is 6.20 Å². The van der Waals surface area contributed by atoms with Crippen molar-refractivity contribution in [3.8, 4) is 0 Å². The van der Waals surface area contributed by atoms with E-state index >= 15 is 0 Å². The molecule has 0 spiro atoms. The molecule has 4 rings (SSSR count). The number of ether oxygens (including phenoxy) is 1. The van der Waals surface area contributed by atoms with Crippen LogP contribution in [0, 0.1) is 5.41 Å². The molecule has 6 heteroatoms. The number of nitrogens with zero attached hydrogens (tertiary/aromatic N) is 2. The minimum Gasteiger partial charge on any atom is -0.449 e. The third-order valence-electron chi connectivity index (χ3n) is 5.47. The monoisotopic (exact) mass is 336 g/mol. The fraction of sp³-hybridized carbons (Fsp3) is 0.500. The summed E-state index contributed by atoms with van der Waals surface area (Å²) in [5.41, 5.74) is 1.07. The summed E-state index contributed by atoms with van der Waals surface area (Å²) >= 11 is 7.83. The molecule has 2 aliphatic rings. The van der Waals surface area contributed by atoms with Crippen molar-refractivity contribution in [2.24, 2.45) is 12.5 Å². The van der Waals surface area contributed by atoms with Crippen LogP contribution in [-0.4, -0.2) is 15.7 Å². The minimum absolute atomic E-state index is 0.100. The van der Waals surface area contributed by atoms with E-state index in [0.717, 1.165) is 17.7 Å². The number of hydrogen-bond acceptors (Lipinski definition) is 4. The molecule has 1 fully saturated rings. The maximum absolute atomic E-state index is 12.7. The van der Waals surface area contributed by atoms with Gasteiger partial charge in [0.1, 0.15) is 10.7 Å². The standard InChI is InChI=1S/C16H17ClN2O2S/c1-15(2)11-4-5-16(15,12-6-9(11)8-22-12)21-14(20)10-7-18-19(3)13(10)17/h6-8,11H,4-5H2,1-3H3. The van der Waals surface area contributed by atoms with E-state index in [-0.39, 0.29) is 11.4 Å². The van der Waals surface area contributed by atoms with Crippen LogP contribution >= 0.6 is 22.9 Å². The number of rotatable bonds is 2. The summed E-state index contributed by atoms with van der Waals surface area (Å²) in [6, 6.07) is 2.20. The SMILES string of the molecule is Cn1ncc(C(=O)OC23CCC(c4csc2c4)C3(C)C)c1Cl. The predicted octanol–water partition coefficient (Wildman–Crippen LogP) is 4.10. The second kappa shape index (κ2) is 4.36. The number of carbonyl (C=O) groups is 1. The van der Waals surface area contributed by atoms with Gasteiger partial charge in [0.25, 0.3) is 0 Å². The zero-order valence-corrected chi connectivity index (χ0v) is 14.3. The first-order chi connectivity index (χ1) is 10.4. The lowest BCUT2D eigenvalue weighted by Gasteiger charge is -2.44. The number of thiophene rings is 1. The van der Waals surface area contributed by atoms with E-state index in [9.17, 15) is 4.79 Å². The summed E-state index contributed by atoms with van der Waals surface area (Å²) in [4.78, 5) is 13.8. The van der Waals surface area contributed by atoms with Gasteiger partial charge in [-0.3, -0.25) is 4.68 Å². The van der Waals surface area contributed by atoms with E-state index < -0.39 is 5.60 Å². The van der Waals surface area contributed by atoms with Crippen LogP contribution in [0.1, 0.15) is 53.4 Å². The van der Waals surface area contributed by atoms with Gasteiger partial charge in [0, 0.05) is 17.3 Å². The molecule has 116 valence electrons. The van der Waals surface area contributed by atoms with E-state index in [1.54, 1.807) is 18.4 Å². The number of aromatic nitrogens is 2. The maximum atomic E-state index is 12.7. The highest BCUT2D eigenvalue weighted by Gasteiger charge is 2.62. The van der Waals surface area contributed by atoms with Crippen molar-refractivity contribution in [3.63, 3.8) is 0 Å². The van der Waals surface area contributed by atoms with E-state index in [1.807, 2.05) is 0 Å². The first kappa shape index (κ1) is 14.3. The molecule has 1 saturated carbocycles. The molecule has 2 aromatic heterocycles. The Morgan fingerprint density at radius 2 is 2.32 bits per heavy atom. The molecule has 0 amide bonds. The van der Waals surface area contributed by atoms with Crippen LogP contribution in [0.3, 0.4) is 0 Å². The topological polar surface area (TPSA) is 44.1 Å². The van der Waals surface area contributed by atoms with Gasteiger partial charge in [-0.1, -0.05) is 25.4 Å². The molecule has 22 heavy (non-hydrogen) atoms. The summed E-state index contributed by atoms with van der Waals surface area (Å²) in [6.45, 7) is 4.41. The van der Waals surface area contributed by atoms with Crippen LogP contribution in [0.5, 0.6) is 0 Å². The van der Waals surface area contributed by atoms with Gasteiger partial charge in [-0.25, -0.2) is 4.79 Å². The number of aryl methyl sites for hydroxylation is 1. The first-order valence-electron chi connectivity index (χ1n) is 7.36. The van der Waals surface area contributed by atoms with Crippen molar-refractivity contribution in [2.75, 3.05) is 0 Å². The number of esters is 1. The quantitative estimate of drug-likeness (QED) is 0.775. The van der Waals surface area contributed by atoms with Gasteiger partial charge in [0.2, 0.25) is 0 Å². The molecule has 4 bridgehead atoms. The van der Waals surface area contributed by atoms with E-state index in [0.29, 0.717) is 16.6 Å². The molecule has 2 heterocycles. The largest absolute Gasteiger partial charge is 0.449 e. The Morgan fingerprint density at radius 3 is 3.00 bits per heavy atom. The summed E-state index contributed by atoms with van der Waals surface area (Å²) in [7, 11) is 1.71. The molecule has 2 unspecified atom stereocenters. The highest BCUT2D eigenvalue weighted by molar-refractivity contribution is 7.10. The maximum Gasteiger partial charge on any atom is 0.343 e. The summed E-state index contributed by atoms with van der Waals surface area (Å²) in [6.07, 6.45) is 3.39. The number of fused-ring (bicyclic) bond motifs is 6. The zero-order valence-electron chi connectivity index (χ0n) is 12.7. The molecule has 0 radical (unpaired) electrons. The Balaban J connectivity index is 1.76.